The highest BCUT2D eigenvalue weighted by Crippen LogP contribution is 2.23. The van der Waals surface area contributed by atoms with Gasteiger partial charge in [-0.3, -0.25) is 0 Å². The average molecular weight is 252 g/mol. The number of hydrogen-bond donors (Lipinski definition) is 1. The number of ether oxygens (including phenoxy) is 1. The number of benzene rings is 1. The maximum absolute atomic E-state index is 5.15. The number of rotatable bonds is 4. The molecule has 1 aromatic rings. The first-order valence-electron chi connectivity index (χ1n) is 5.97. The van der Waals surface area contributed by atoms with Gasteiger partial charge in [-0.25, -0.2) is 0 Å². The maximum atomic E-state index is 5.15. The topological polar surface area (TPSA) is 24.5 Å². The molecule has 1 heterocycles. The van der Waals surface area contributed by atoms with Crippen LogP contribution in [0.5, 0.6) is 5.75 Å². The Morgan fingerprint density at radius 1 is 1.41 bits per heavy atom. The Morgan fingerprint density at radius 2 is 2.18 bits per heavy atom. The maximum Gasteiger partial charge on any atom is 0.118 e. The minimum Gasteiger partial charge on any atom is -0.497 e. The van der Waals surface area contributed by atoms with Gasteiger partial charge in [0.2, 0.25) is 0 Å². The van der Waals surface area contributed by atoms with Gasteiger partial charge in [0.15, 0.2) is 0 Å². The lowest BCUT2D eigenvalue weighted by Gasteiger charge is -2.32. The molecule has 0 bridgehead atoms. The highest BCUT2D eigenvalue weighted by Gasteiger charge is 2.18. The van der Waals surface area contributed by atoms with Crippen LogP contribution in [0.25, 0.3) is 0 Å². The number of likely N-dealkylation sites (N-methyl/N-ethyl adjacent to an activating group) is 1. The van der Waals surface area contributed by atoms with Crippen LogP contribution in [0.15, 0.2) is 29.2 Å². The molecule has 1 atom stereocenters. The first-order valence-corrected chi connectivity index (χ1v) is 6.96. The third-order valence-electron chi connectivity index (χ3n) is 3.15. The van der Waals surface area contributed by atoms with Gasteiger partial charge >= 0.3 is 0 Å². The van der Waals surface area contributed by atoms with E-state index in [9.17, 15) is 0 Å². The summed E-state index contributed by atoms with van der Waals surface area (Å²) < 4.78 is 5.15. The van der Waals surface area contributed by atoms with Gasteiger partial charge in [-0.1, -0.05) is 0 Å². The third kappa shape index (κ3) is 3.63. The number of nitrogens with zero attached hydrogens (tertiary/aromatic N) is 1. The number of piperazine rings is 1. The van der Waals surface area contributed by atoms with Crippen molar-refractivity contribution >= 4 is 11.8 Å². The molecule has 17 heavy (non-hydrogen) atoms. The van der Waals surface area contributed by atoms with E-state index in [1.165, 1.54) is 4.90 Å². The zero-order chi connectivity index (χ0) is 12.1. The van der Waals surface area contributed by atoms with Crippen molar-refractivity contribution in [1.82, 2.24) is 10.2 Å². The standard InChI is InChI=1S/C13H20N2OS/c1-15-8-7-14-9-11(15)10-17-13-5-3-12(16-2)4-6-13/h3-6,11,14H,7-10H2,1-2H3. The number of hydrogen-bond acceptors (Lipinski definition) is 4. The van der Waals surface area contributed by atoms with Gasteiger partial charge in [-0.15, -0.1) is 11.8 Å². The van der Waals surface area contributed by atoms with Crippen LogP contribution in [0.4, 0.5) is 0 Å². The van der Waals surface area contributed by atoms with E-state index < -0.39 is 0 Å². The molecule has 1 fully saturated rings. The SMILES string of the molecule is COc1ccc(SCC2CNCCN2C)cc1. The summed E-state index contributed by atoms with van der Waals surface area (Å²) in [7, 11) is 3.91. The van der Waals surface area contributed by atoms with Crippen LogP contribution in [0, 0.1) is 0 Å². The van der Waals surface area contributed by atoms with E-state index in [2.05, 4.69) is 29.4 Å². The Morgan fingerprint density at radius 3 is 2.82 bits per heavy atom. The van der Waals surface area contributed by atoms with Crippen molar-refractivity contribution in [3.8, 4) is 5.75 Å². The first kappa shape index (κ1) is 12.7. The minimum absolute atomic E-state index is 0.635. The summed E-state index contributed by atoms with van der Waals surface area (Å²) >= 11 is 1.91. The summed E-state index contributed by atoms with van der Waals surface area (Å²) in [5.41, 5.74) is 0. The molecular formula is C13H20N2OS. The van der Waals surface area contributed by atoms with Gasteiger partial charge in [0, 0.05) is 36.3 Å². The van der Waals surface area contributed by atoms with E-state index in [0.29, 0.717) is 6.04 Å². The minimum atomic E-state index is 0.635. The van der Waals surface area contributed by atoms with Crippen molar-refractivity contribution in [2.45, 2.75) is 10.9 Å². The van der Waals surface area contributed by atoms with Crippen LogP contribution in [0.3, 0.4) is 0 Å². The van der Waals surface area contributed by atoms with Crippen molar-refractivity contribution in [2.75, 3.05) is 39.5 Å². The fourth-order valence-corrected chi connectivity index (χ4v) is 3.00. The van der Waals surface area contributed by atoms with Crippen molar-refractivity contribution in [3.05, 3.63) is 24.3 Å². The van der Waals surface area contributed by atoms with E-state index in [-0.39, 0.29) is 0 Å². The Bertz CT molecular complexity index is 342. The molecule has 1 aliphatic rings. The second-order valence-electron chi connectivity index (χ2n) is 4.33. The van der Waals surface area contributed by atoms with Gasteiger partial charge in [0.25, 0.3) is 0 Å². The molecule has 0 saturated carbocycles. The normalized spacial score (nSPS) is 21.4. The number of thioether (sulfide) groups is 1. The van der Waals surface area contributed by atoms with Gasteiger partial charge in [-0.05, 0) is 31.3 Å². The van der Waals surface area contributed by atoms with Gasteiger partial charge in [0.05, 0.1) is 7.11 Å². The lowest BCUT2D eigenvalue weighted by molar-refractivity contribution is 0.218. The number of nitrogens with one attached hydrogen (secondary N) is 1. The van der Waals surface area contributed by atoms with Crippen LogP contribution in [0.2, 0.25) is 0 Å². The molecule has 1 aromatic carbocycles. The molecule has 2 rings (SSSR count). The predicted octanol–water partition coefficient (Wildman–Crippen LogP) is 1.69. The highest BCUT2D eigenvalue weighted by molar-refractivity contribution is 7.99. The van der Waals surface area contributed by atoms with Gasteiger partial charge in [-0.2, -0.15) is 0 Å². The second kappa shape index (κ2) is 6.28. The van der Waals surface area contributed by atoms with Crippen LogP contribution < -0.4 is 10.1 Å². The molecule has 1 aliphatic heterocycles. The van der Waals surface area contributed by atoms with Gasteiger partial charge < -0.3 is 15.0 Å². The summed E-state index contributed by atoms with van der Waals surface area (Å²) in [6.45, 7) is 3.35. The van der Waals surface area contributed by atoms with E-state index in [1.807, 2.05) is 23.9 Å². The molecular weight excluding hydrogens is 232 g/mol. The molecule has 1 N–H and O–H groups in total. The smallest absolute Gasteiger partial charge is 0.118 e. The molecule has 4 heteroatoms. The summed E-state index contributed by atoms with van der Waals surface area (Å²) in [4.78, 5) is 3.75. The van der Waals surface area contributed by atoms with E-state index >= 15 is 0 Å². The number of methoxy groups -OCH3 is 1. The van der Waals surface area contributed by atoms with Crippen molar-refractivity contribution in [2.24, 2.45) is 0 Å². The Labute approximate surface area is 108 Å². The largest absolute Gasteiger partial charge is 0.497 e. The Kier molecular flexibility index (Phi) is 4.71. The van der Waals surface area contributed by atoms with Gasteiger partial charge in [0.1, 0.15) is 5.75 Å². The zero-order valence-corrected chi connectivity index (χ0v) is 11.3. The second-order valence-corrected chi connectivity index (χ2v) is 5.42. The fraction of sp³-hybridized carbons (Fsp3) is 0.538. The van der Waals surface area contributed by atoms with E-state index in [0.717, 1.165) is 31.1 Å². The lowest BCUT2D eigenvalue weighted by Crippen LogP contribution is -2.50. The molecule has 3 nitrogen and oxygen atoms in total. The monoisotopic (exact) mass is 252 g/mol. The summed E-state index contributed by atoms with van der Waals surface area (Å²) in [5, 5.41) is 3.44. The van der Waals surface area contributed by atoms with Crippen LogP contribution >= 0.6 is 11.8 Å². The predicted molar refractivity (Wildman–Crippen MR) is 73.0 cm³/mol. The first-order chi connectivity index (χ1) is 8.29. The molecule has 0 amide bonds. The van der Waals surface area contributed by atoms with E-state index in [4.69, 9.17) is 4.74 Å². The third-order valence-corrected chi connectivity index (χ3v) is 4.30. The Balaban J connectivity index is 1.84. The van der Waals surface area contributed by atoms with E-state index in [1.54, 1.807) is 7.11 Å². The zero-order valence-electron chi connectivity index (χ0n) is 10.5. The quantitative estimate of drug-likeness (QED) is 0.824. The molecule has 0 radical (unpaired) electrons. The fourth-order valence-electron chi connectivity index (χ4n) is 1.91. The summed E-state index contributed by atoms with van der Waals surface area (Å²) in [5.74, 6) is 2.06. The van der Waals surface area contributed by atoms with Crippen LogP contribution in [0.1, 0.15) is 0 Å². The molecule has 1 saturated heterocycles. The summed E-state index contributed by atoms with van der Waals surface area (Å²) in [6, 6.07) is 8.92. The van der Waals surface area contributed by atoms with Crippen LogP contribution in [-0.4, -0.2) is 50.5 Å². The van der Waals surface area contributed by atoms with Crippen molar-refractivity contribution < 1.29 is 4.74 Å². The van der Waals surface area contributed by atoms with Crippen LogP contribution in [-0.2, 0) is 0 Å². The highest BCUT2D eigenvalue weighted by atomic mass is 32.2. The molecule has 1 unspecified atom stereocenters. The van der Waals surface area contributed by atoms with Crippen molar-refractivity contribution in [1.29, 1.82) is 0 Å². The molecule has 0 aliphatic carbocycles. The molecule has 0 spiro atoms. The average Bonchev–Trinajstić information content (AvgIpc) is 2.38. The summed E-state index contributed by atoms with van der Waals surface area (Å²) in [6.07, 6.45) is 0. The van der Waals surface area contributed by atoms with Crippen molar-refractivity contribution in [3.63, 3.8) is 0 Å². The molecule has 0 aromatic heterocycles. The molecule has 94 valence electrons. The lowest BCUT2D eigenvalue weighted by atomic mass is 10.2. The Hall–Kier alpha value is -0.710.